The fraction of sp³-hybridized carbons (Fsp3) is 0.667. The van der Waals surface area contributed by atoms with Crippen LogP contribution in [0.3, 0.4) is 0 Å². The van der Waals surface area contributed by atoms with Crippen molar-refractivity contribution in [2.75, 3.05) is 32.8 Å². The number of morpholine rings is 1. The van der Waals surface area contributed by atoms with E-state index in [1.165, 1.54) is 44.2 Å². The third kappa shape index (κ3) is 4.53. The van der Waals surface area contributed by atoms with Crippen molar-refractivity contribution in [2.45, 2.75) is 44.2 Å². The second kappa shape index (κ2) is 7.92. The van der Waals surface area contributed by atoms with E-state index in [0.29, 0.717) is 12.1 Å². The molecule has 2 aliphatic heterocycles. The molecule has 0 spiro atoms. The third-order valence-corrected chi connectivity index (χ3v) is 4.75. The van der Waals surface area contributed by atoms with Crippen molar-refractivity contribution in [1.29, 1.82) is 0 Å². The van der Waals surface area contributed by atoms with Crippen LogP contribution in [0.25, 0.3) is 0 Å². The number of nitrogens with one attached hydrogen (secondary N) is 1. The van der Waals surface area contributed by atoms with Gasteiger partial charge in [0.05, 0.1) is 12.7 Å². The molecule has 2 fully saturated rings. The van der Waals surface area contributed by atoms with Gasteiger partial charge in [-0.25, -0.2) is 0 Å². The predicted molar refractivity (Wildman–Crippen MR) is 86.6 cm³/mol. The zero-order valence-electron chi connectivity index (χ0n) is 13.0. The highest BCUT2D eigenvalue weighted by Gasteiger charge is 2.31. The lowest BCUT2D eigenvalue weighted by Crippen LogP contribution is -2.49. The highest BCUT2D eigenvalue weighted by molar-refractivity contribution is 5.14. The molecule has 0 bridgehead atoms. The van der Waals surface area contributed by atoms with Crippen LogP contribution in [0, 0.1) is 0 Å². The molecule has 0 radical (unpaired) electrons. The largest absolute Gasteiger partial charge is 0.374 e. The summed E-state index contributed by atoms with van der Waals surface area (Å²) in [7, 11) is 0. The van der Waals surface area contributed by atoms with Crippen LogP contribution in [-0.2, 0) is 11.2 Å². The van der Waals surface area contributed by atoms with E-state index in [-0.39, 0.29) is 0 Å². The predicted octanol–water partition coefficient (Wildman–Crippen LogP) is 2.46. The van der Waals surface area contributed by atoms with Gasteiger partial charge in [-0.1, -0.05) is 30.3 Å². The van der Waals surface area contributed by atoms with Crippen molar-refractivity contribution in [1.82, 2.24) is 10.2 Å². The Morgan fingerprint density at radius 3 is 3.00 bits per heavy atom. The minimum Gasteiger partial charge on any atom is -0.374 e. The number of benzene rings is 1. The Morgan fingerprint density at radius 2 is 2.10 bits per heavy atom. The molecule has 0 aromatic heterocycles. The zero-order chi connectivity index (χ0) is 14.3. The molecule has 2 unspecified atom stereocenters. The number of hydrogen-bond donors (Lipinski definition) is 1. The average Bonchev–Trinajstić information content (AvgIpc) is 2.99. The summed E-state index contributed by atoms with van der Waals surface area (Å²) in [6.45, 7) is 5.47. The summed E-state index contributed by atoms with van der Waals surface area (Å²) >= 11 is 0. The minimum atomic E-state index is 0.397. The van der Waals surface area contributed by atoms with Gasteiger partial charge in [0.1, 0.15) is 0 Å². The first-order valence-electron chi connectivity index (χ1n) is 8.52. The summed E-state index contributed by atoms with van der Waals surface area (Å²) in [5.74, 6) is 0. The lowest BCUT2D eigenvalue weighted by atomic mass is 10.1. The molecule has 0 saturated carbocycles. The molecule has 2 saturated heterocycles. The zero-order valence-corrected chi connectivity index (χ0v) is 13.0. The molecule has 1 aromatic carbocycles. The molecule has 2 atom stereocenters. The molecule has 1 N–H and O–H groups in total. The number of fused-ring (bicyclic) bond motifs is 1. The quantitative estimate of drug-likeness (QED) is 0.780. The smallest absolute Gasteiger partial charge is 0.0826 e. The van der Waals surface area contributed by atoms with Crippen LogP contribution in [0.5, 0.6) is 0 Å². The number of nitrogens with zero attached hydrogens (tertiary/aromatic N) is 1. The topological polar surface area (TPSA) is 24.5 Å². The van der Waals surface area contributed by atoms with E-state index in [2.05, 4.69) is 40.5 Å². The van der Waals surface area contributed by atoms with Crippen LogP contribution < -0.4 is 5.32 Å². The molecule has 21 heavy (non-hydrogen) atoms. The highest BCUT2D eigenvalue weighted by Crippen LogP contribution is 2.22. The molecule has 2 heterocycles. The summed E-state index contributed by atoms with van der Waals surface area (Å²) in [5, 5.41) is 3.57. The van der Waals surface area contributed by atoms with E-state index in [1.807, 2.05) is 0 Å². The fourth-order valence-electron chi connectivity index (χ4n) is 3.50. The maximum atomic E-state index is 5.96. The van der Waals surface area contributed by atoms with Crippen LogP contribution in [-0.4, -0.2) is 49.8 Å². The van der Waals surface area contributed by atoms with Gasteiger partial charge in [0.15, 0.2) is 0 Å². The molecular formula is C18H28N2O. The van der Waals surface area contributed by atoms with Gasteiger partial charge < -0.3 is 10.1 Å². The molecule has 2 aliphatic rings. The van der Waals surface area contributed by atoms with E-state index >= 15 is 0 Å². The first-order chi connectivity index (χ1) is 10.4. The summed E-state index contributed by atoms with van der Waals surface area (Å²) in [6.07, 6.45) is 6.78. The lowest BCUT2D eigenvalue weighted by Gasteiger charge is -2.35. The van der Waals surface area contributed by atoms with Crippen LogP contribution >= 0.6 is 0 Å². The fourth-order valence-corrected chi connectivity index (χ4v) is 3.50. The van der Waals surface area contributed by atoms with E-state index < -0.39 is 0 Å². The number of ether oxygens (including phenoxy) is 1. The first-order valence-corrected chi connectivity index (χ1v) is 8.52. The van der Waals surface area contributed by atoms with Gasteiger partial charge in [-0.2, -0.15) is 0 Å². The maximum absolute atomic E-state index is 5.96. The van der Waals surface area contributed by atoms with E-state index in [0.717, 1.165) is 26.2 Å². The first kappa shape index (κ1) is 15.0. The van der Waals surface area contributed by atoms with E-state index in [1.54, 1.807) is 0 Å². The van der Waals surface area contributed by atoms with Crippen LogP contribution in [0.2, 0.25) is 0 Å². The molecule has 1 aromatic rings. The van der Waals surface area contributed by atoms with Crippen molar-refractivity contribution in [2.24, 2.45) is 0 Å². The van der Waals surface area contributed by atoms with Gasteiger partial charge in [-0.3, -0.25) is 4.90 Å². The van der Waals surface area contributed by atoms with Gasteiger partial charge in [-0.05, 0) is 50.8 Å². The van der Waals surface area contributed by atoms with Gasteiger partial charge in [0, 0.05) is 19.1 Å². The Labute approximate surface area is 128 Å². The minimum absolute atomic E-state index is 0.397. The molecule has 3 heteroatoms. The lowest BCUT2D eigenvalue weighted by molar-refractivity contribution is -0.0468. The standard InChI is InChI=1S/C18H28N2O/c1-2-7-16(8-3-1)9-4-5-11-19-13-18-14-20-12-6-10-17(20)15-21-18/h1-3,7-8,17-19H,4-6,9-15H2. The Morgan fingerprint density at radius 1 is 1.19 bits per heavy atom. The molecule has 0 aliphatic carbocycles. The van der Waals surface area contributed by atoms with Crippen molar-refractivity contribution in [3.63, 3.8) is 0 Å². The molecule has 0 amide bonds. The van der Waals surface area contributed by atoms with Gasteiger partial charge in [0.2, 0.25) is 0 Å². The van der Waals surface area contributed by atoms with Crippen molar-refractivity contribution >= 4 is 0 Å². The summed E-state index contributed by atoms with van der Waals surface area (Å²) in [4.78, 5) is 2.62. The van der Waals surface area contributed by atoms with E-state index in [4.69, 9.17) is 4.74 Å². The Kier molecular flexibility index (Phi) is 5.67. The molecule has 3 nitrogen and oxygen atoms in total. The number of hydrogen-bond acceptors (Lipinski definition) is 3. The second-order valence-electron chi connectivity index (χ2n) is 6.39. The van der Waals surface area contributed by atoms with Crippen LogP contribution in [0.15, 0.2) is 30.3 Å². The molecule has 116 valence electrons. The summed E-state index contributed by atoms with van der Waals surface area (Å²) in [6, 6.07) is 11.5. The molecular weight excluding hydrogens is 260 g/mol. The van der Waals surface area contributed by atoms with Gasteiger partial charge in [0.25, 0.3) is 0 Å². The van der Waals surface area contributed by atoms with Crippen LogP contribution in [0.4, 0.5) is 0 Å². The maximum Gasteiger partial charge on any atom is 0.0826 e. The monoisotopic (exact) mass is 288 g/mol. The molecule has 3 rings (SSSR count). The van der Waals surface area contributed by atoms with Crippen molar-refractivity contribution in [3.05, 3.63) is 35.9 Å². The van der Waals surface area contributed by atoms with Gasteiger partial charge >= 0.3 is 0 Å². The number of aryl methyl sites for hydroxylation is 1. The SMILES string of the molecule is c1ccc(CCCCNCC2CN3CCCC3CO2)cc1. The van der Waals surface area contributed by atoms with E-state index in [9.17, 15) is 0 Å². The number of rotatable bonds is 7. The Hall–Kier alpha value is -0.900. The summed E-state index contributed by atoms with van der Waals surface area (Å²) < 4.78 is 5.96. The normalized spacial score (nSPS) is 25.9. The average molecular weight is 288 g/mol. The number of unbranched alkanes of at least 4 members (excludes halogenated alkanes) is 1. The summed E-state index contributed by atoms with van der Waals surface area (Å²) in [5.41, 5.74) is 1.45. The Bertz CT molecular complexity index is 409. The van der Waals surface area contributed by atoms with Gasteiger partial charge in [-0.15, -0.1) is 0 Å². The Balaban J connectivity index is 1.24. The third-order valence-electron chi connectivity index (χ3n) is 4.75. The van der Waals surface area contributed by atoms with Crippen LogP contribution in [0.1, 0.15) is 31.2 Å². The highest BCUT2D eigenvalue weighted by atomic mass is 16.5. The second-order valence-corrected chi connectivity index (χ2v) is 6.39. The van der Waals surface area contributed by atoms with Crippen molar-refractivity contribution in [3.8, 4) is 0 Å². The van der Waals surface area contributed by atoms with Crippen molar-refractivity contribution < 1.29 is 4.74 Å².